The smallest absolute Gasteiger partial charge is 0.330 e. The number of unbranched alkanes of at least 4 members (excludes halogenated alkanes) is 1. The van der Waals surface area contributed by atoms with Crippen molar-refractivity contribution in [3.8, 4) is 23.0 Å². The van der Waals surface area contributed by atoms with Crippen LogP contribution in [0.25, 0.3) is 6.08 Å². The van der Waals surface area contributed by atoms with Gasteiger partial charge in [-0.15, -0.1) is 0 Å². The van der Waals surface area contributed by atoms with Crippen molar-refractivity contribution < 1.29 is 28.5 Å². The summed E-state index contributed by atoms with van der Waals surface area (Å²) in [4.78, 5) is 12.2. The van der Waals surface area contributed by atoms with Crippen LogP contribution in [-0.4, -0.2) is 39.0 Å². The van der Waals surface area contributed by atoms with Gasteiger partial charge in [-0.1, -0.05) is 41.0 Å². The first-order valence-electron chi connectivity index (χ1n) is 11.7. The summed E-state index contributed by atoms with van der Waals surface area (Å²) in [7, 11) is 0. The fourth-order valence-corrected chi connectivity index (χ4v) is 2.63. The van der Waals surface area contributed by atoms with Crippen LogP contribution in [0.1, 0.15) is 78.7 Å². The second-order valence-corrected chi connectivity index (χ2v) is 7.19. The molecule has 0 aliphatic heterocycles. The Balaban J connectivity index is 3.46. The highest BCUT2D eigenvalue weighted by Gasteiger charge is 2.22. The standard InChI is InChI=1S/C25H40O6/c1-6-11-18-29-23(26)13-12-20-24(30-16-9-4)21(27-14-7-2)19-22(28-15-8-3)25(20)31-17-10-5/h12-13,19H,6-11,14-18H2,1-5H3. The highest BCUT2D eigenvalue weighted by molar-refractivity contribution is 5.89. The van der Waals surface area contributed by atoms with E-state index in [4.69, 9.17) is 23.7 Å². The Morgan fingerprint density at radius 2 is 1.19 bits per heavy atom. The number of rotatable bonds is 17. The van der Waals surface area contributed by atoms with E-state index in [1.54, 1.807) is 6.08 Å². The molecular weight excluding hydrogens is 396 g/mol. The van der Waals surface area contributed by atoms with Crippen LogP contribution in [-0.2, 0) is 9.53 Å². The van der Waals surface area contributed by atoms with Crippen LogP contribution in [0.5, 0.6) is 23.0 Å². The SMILES string of the molecule is CCCCOC(=O)C=Cc1c(OCCC)c(OCCC)cc(OCCC)c1OCCC. The zero-order chi connectivity index (χ0) is 22.9. The second kappa shape index (κ2) is 16.3. The topological polar surface area (TPSA) is 63.2 Å². The molecule has 0 atom stereocenters. The lowest BCUT2D eigenvalue weighted by molar-refractivity contribution is -0.137. The van der Waals surface area contributed by atoms with E-state index in [0.29, 0.717) is 61.6 Å². The van der Waals surface area contributed by atoms with E-state index >= 15 is 0 Å². The molecule has 176 valence electrons. The summed E-state index contributed by atoms with van der Waals surface area (Å²) in [5.74, 6) is 1.89. The molecule has 1 aromatic carbocycles. The number of benzene rings is 1. The molecule has 0 aliphatic carbocycles. The molecule has 0 saturated heterocycles. The normalized spacial score (nSPS) is 10.9. The third-order valence-electron chi connectivity index (χ3n) is 4.15. The molecule has 0 aromatic heterocycles. The summed E-state index contributed by atoms with van der Waals surface area (Å²) >= 11 is 0. The number of hydrogen-bond donors (Lipinski definition) is 0. The first-order chi connectivity index (χ1) is 15.1. The molecule has 31 heavy (non-hydrogen) atoms. The number of ether oxygens (including phenoxy) is 5. The van der Waals surface area contributed by atoms with Gasteiger partial charge in [0, 0.05) is 12.1 Å². The van der Waals surface area contributed by atoms with Crippen LogP contribution in [0, 0.1) is 0 Å². The van der Waals surface area contributed by atoms with Gasteiger partial charge in [-0.25, -0.2) is 4.79 Å². The monoisotopic (exact) mass is 436 g/mol. The number of carbonyl (C=O) groups is 1. The molecule has 0 radical (unpaired) electrons. The average molecular weight is 437 g/mol. The summed E-state index contributed by atoms with van der Waals surface area (Å²) in [5, 5.41) is 0. The maximum atomic E-state index is 12.2. The van der Waals surface area contributed by atoms with Gasteiger partial charge in [0.2, 0.25) is 0 Å². The van der Waals surface area contributed by atoms with Crippen molar-refractivity contribution in [2.24, 2.45) is 0 Å². The van der Waals surface area contributed by atoms with Crippen molar-refractivity contribution in [1.82, 2.24) is 0 Å². The van der Waals surface area contributed by atoms with Gasteiger partial charge in [-0.3, -0.25) is 0 Å². The third kappa shape index (κ3) is 9.53. The minimum absolute atomic E-state index is 0.396. The predicted octanol–water partition coefficient (Wildman–Crippen LogP) is 6.20. The van der Waals surface area contributed by atoms with Gasteiger partial charge in [0.25, 0.3) is 0 Å². The van der Waals surface area contributed by atoms with E-state index in [-0.39, 0.29) is 0 Å². The van der Waals surface area contributed by atoms with E-state index in [0.717, 1.165) is 38.5 Å². The molecule has 1 rings (SSSR count). The molecule has 0 amide bonds. The van der Waals surface area contributed by atoms with E-state index in [1.807, 2.05) is 33.8 Å². The molecule has 0 saturated carbocycles. The fourth-order valence-electron chi connectivity index (χ4n) is 2.63. The minimum atomic E-state index is -0.396. The van der Waals surface area contributed by atoms with Crippen molar-refractivity contribution in [3.05, 3.63) is 17.7 Å². The van der Waals surface area contributed by atoms with Crippen molar-refractivity contribution in [3.63, 3.8) is 0 Å². The summed E-state index contributed by atoms with van der Waals surface area (Å²) in [6, 6.07) is 1.83. The molecule has 0 N–H and O–H groups in total. The lowest BCUT2D eigenvalue weighted by atomic mass is 10.1. The molecule has 6 nitrogen and oxygen atoms in total. The van der Waals surface area contributed by atoms with Gasteiger partial charge in [0.1, 0.15) is 0 Å². The Bertz CT molecular complexity index is 630. The van der Waals surface area contributed by atoms with Crippen molar-refractivity contribution in [2.45, 2.75) is 73.1 Å². The van der Waals surface area contributed by atoms with Crippen molar-refractivity contribution in [2.75, 3.05) is 33.0 Å². The minimum Gasteiger partial charge on any atom is -0.490 e. The molecular formula is C25H40O6. The maximum Gasteiger partial charge on any atom is 0.330 e. The summed E-state index contributed by atoms with van der Waals surface area (Å²) in [6.07, 6.45) is 8.31. The molecule has 1 aromatic rings. The quantitative estimate of drug-likeness (QED) is 0.165. The third-order valence-corrected chi connectivity index (χ3v) is 4.15. The van der Waals surface area contributed by atoms with Crippen LogP contribution in [0.15, 0.2) is 12.1 Å². The predicted molar refractivity (Wildman–Crippen MR) is 124 cm³/mol. The first kappa shape index (κ1) is 26.7. The summed E-state index contributed by atoms with van der Waals surface area (Å²) < 4.78 is 29.3. The largest absolute Gasteiger partial charge is 0.490 e. The lowest BCUT2D eigenvalue weighted by Gasteiger charge is -2.21. The Hall–Kier alpha value is -2.37. The van der Waals surface area contributed by atoms with Gasteiger partial charge in [-0.05, 0) is 38.2 Å². The molecule has 0 fully saturated rings. The van der Waals surface area contributed by atoms with Gasteiger partial charge in [0.15, 0.2) is 23.0 Å². The van der Waals surface area contributed by atoms with Gasteiger partial charge < -0.3 is 23.7 Å². The summed E-state index contributed by atoms with van der Waals surface area (Å²) in [5.41, 5.74) is 0.633. The highest BCUT2D eigenvalue weighted by atomic mass is 16.5. The molecule has 0 spiro atoms. The Morgan fingerprint density at radius 1 is 0.710 bits per heavy atom. The van der Waals surface area contributed by atoms with E-state index < -0.39 is 5.97 Å². The maximum absolute atomic E-state index is 12.2. The fraction of sp³-hybridized carbons (Fsp3) is 0.640. The molecule has 6 heteroatoms. The van der Waals surface area contributed by atoms with Crippen LogP contribution < -0.4 is 18.9 Å². The number of carbonyl (C=O) groups excluding carboxylic acids is 1. The zero-order valence-electron chi connectivity index (χ0n) is 20.0. The van der Waals surface area contributed by atoms with Crippen LogP contribution in [0.2, 0.25) is 0 Å². The van der Waals surface area contributed by atoms with E-state index in [1.165, 1.54) is 6.08 Å². The van der Waals surface area contributed by atoms with Gasteiger partial charge in [-0.2, -0.15) is 0 Å². The molecule has 0 heterocycles. The Kier molecular flexibility index (Phi) is 14.1. The van der Waals surface area contributed by atoms with Crippen LogP contribution >= 0.6 is 0 Å². The van der Waals surface area contributed by atoms with E-state index in [9.17, 15) is 4.79 Å². The second-order valence-electron chi connectivity index (χ2n) is 7.19. The van der Waals surface area contributed by atoms with E-state index in [2.05, 4.69) is 6.92 Å². The zero-order valence-corrected chi connectivity index (χ0v) is 20.0. The van der Waals surface area contributed by atoms with Crippen molar-refractivity contribution in [1.29, 1.82) is 0 Å². The Morgan fingerprint density at radius 3 is 1.65 bits per heavy atom. The first-order valence-corrected chi connectivity index (χ1v) is 11.7. The van der Waals surface area contributed by atoms with Gasteiger partial charge >= 0.3 is 5.97 Å². The number of hydrogen-bond acceptors (Lipinski definition) is 6. The van der Waals surface area contributed by atoms with Crippen LogP contribution in [0.3, 0.4) is 0 Å². The summed E-state index contributed by atoms with van der Waals surface area (Å²) in [6.45, 7) is 12.8. The molecule has 0 aliphatic rings. The average Bonchev–Trinajstić information content (AvgIpc) is 2.78. The van der Waals surface area contributed by atoms with Gasteiger partial charge in [0.05, 0.1) is 38.6 Å². The molecule has 0 bridgehead atoms. The van der Waals surface area contributed by atoms with Crippen LogP contribution in [0.4, 0.5) is 0 Å². The molecule has 0 unspecified atom stereocenters. The Labute approximate surface area is 187 Å². The highest BCUT2D eigenvalue weighted by Crippen LogP contribution is 2.46. The van der Waals surface area contributed by atoms with Crippen molar-refractivity contribution >= 4 is 12.0 Å². The number of esters is 1. The lowest BCUT2D eigenvalue weighted by Crippen LogP contribution is -2.08.